The smallest absolute Gasteiger partial charge is 0.152 e. The lowest BCUT2D eigenvalue weighted by atomic mass is 10.3. The summed E-state index contributed by atoms with van der Waals surface area (Å²) in [5, 5.41) is 3.02. The summed E-state index contributed by atoms with van der Waals surface area (Å²) >= 11 is 1.62. The average Bonchev–Trinajstić information content (AvgIpc) is 2.82. The van der Waals surface area contributed by atoms with Crippen LogP contribution in [0.2, 0.25) is 0 Å². The van der Waals surface area contributed by atoms with Crippen LogP contribution in [0.5, 0.6) is 0 Å². The molecular formula is C13H20N6S. The second-order valence-electron chi connectivity index (χ2n) is 5.21. The predicted octanol–water partition coefficient (Wildman–Crippen LogP) is 1.11. The molecule has 108 valence electrons. The number of fused-ring (bicyclic) bond motifs is 1. The van der Waals surface area contributed by atoms with Gasteiger partial charge in [0.05, 0.1) is 11.9 Å². The Bertz CT molecular complexity index is 583. The van der Waals surface area contributed by atoms with Crippen molar-refractivity contribution >= 4 is 27.4 Å². The standard InChI is InChI=1S/C13H20N6S/c1-18-4-2-5-19(7-6-18)9-11-15-12(17-14)10-3-8-20-13(10)16-11/h3,8H,2,4-7,9,14H2,1H3,(H,15,16,17). The van der Waals surface area contributed by atoms with Crippen LogP contribution < -0.4 is 11.3 Å². The Balaban J connectivity index is 1.79. The number of hydrogen-bond acceptors (Lipinski definition) is 7. The van der Waals surface area contributed by atoms with E-state index in [1.54, 1.807) is 11.3 Å². The average molecular weight is 292 g/mol. The van der Waals surface area contributed by atoms with Crippen molar-refractivity contribution in [3.05, 3.63) is 17.3 Å². The van der Waals surface area contributed by atoms with Crippen molar-refractivity contribution in [2.75, 3.05) is 38.7 Å². The minimum atomic E-state index is 0.721. The van der Waals surface area contributed by atoms with E-state index in [0.29, 0.717) is 0 Å². The third kappa shape index (κ3) is 2.90. The minimum absolute atomic E-state index is 0.721. The van der Waals surface area contributed by atoms with Gasteiger partial charge in [-0.25, -0.2) is 15.8 Å². The molecule has 0 aromatic carbocycles. The van der Waals surface area contributed by atoms with Gasteiger partial charge in [0.2, 0.25) is 0 Å². The highest BCUT2D eigenvalue weighted by atomic mass is 32.1. The summed E-state index contributed by atoms with van der Waals surface area (Å²) in [5.74, 6) is 7.13. The minimum Gasteiger partial charge on any atom is -0.308 e. The van der Waals surface area contributed by atoms with Gasteiger partial charge in [-0.15, -0.1) is 11.3 Å². The molecule has 0 radical (unpaired) electrons. The zero-order chi connectivity index (χ0) is 13.9. The number of likely N-dealkylation sites (N-methyl/N-ethyl adjacent to an activating group) is 1. The molecule has 0 bridgehead atoms. The first-order valence-electron chi connectivity index (χ1n) is 6.88. The quantitative estimate of drug-likeness (QED) is 0.652. The Labute approximate surface area is 122 Å². The van der Waals surface area contributed by atoms with E-state index in [1.165, 1.54) is 6.42 Å². The SMILES string of the molecule is CN1CCCN(Cc2nc(NN)c3ccsc3n2)CC1. The highest BCUT2D eigenvalue weighted by molar-refractivity contribution is 7.16. The topological polar surface area (TPSA) is 70.3 Å². The van der Waals surface area contributed by atoms with Gasteiger partial charge in [0.25, 0.3) is 0 Å². The molecule has 0 spiro atoms. The van der Waals surface area contributed by atoms with Gasteiger partial charge in [-0.1, -0.05) is 0 Å². The summed E-state index contributed by atoms with van der Waals surface area (Å²) in [7, 11) is 2.17. The van der Waals surface area contributed by atoms with Gasteiger partial charge in [0.15, 0.2) is 5.82 Å². The maximum absolute atomic E-state index is 5.56. The van der Waals surface area contributed by atoms with Gasteiger partial charge in [0.1, 0.15) is 10.7 Å². The van der Waals surface area contributed by atoms with E-state index in [2.05, 4.69) is 32.2 Å². The number of hydrazine groups is 1. The van der Waals surface area contributed by atoms with Crippen molar-refractivity contribution in [3.63, 3.8) is 0 Å². The Kier molecular flexibility index (Phi) is 4.11. The summed E-state index contributed by atoms with van der Waals surface area (Å²) in [6.45, 7) is 5.21. The number of rotatable bonds is 3. The molecule has 2 aromatic heterocycles. The molecule has 6 nitrogen and oxygen atoms in total. The van der Waals surface area contributed by atoms with Crippen molar-refractivity contribution in [2.24, 2.45) is 5.84 Å². The molecule has 0 aliphatic carbocycles. The Morgan fingerprint density at radius 3 is 3.05 bits per heavy atom. The third-order valence-electron chi connectivity index (χ3n) is 3.69. The number of anilines is 1. The molecule has 0 saturated carbocycles. The zero-order valence-corrected chi connectivity index (χ0v) is 12.5. The molecule has 3 heterocycles. The number of nitrogens with zero attached hydrogens (tertiary/aromatic N) is 4. The highest BCUT2D eigenvalue weighted by Gasteiger charge is 2.15. The largest absolute Gasteiger partial charge is 0.308 e. The molecule has 1 saturated heterocycles. The van der Waals surface area contributed by atoms with E-state index >= 15 is 0 Å². The van der Waals surface area contributed by atoms with Crippen LogP contribution in [-0.2, 0) is 6.54 Å². The van der Waals surface area contributed by atoms with E-state index in [-0.39, 0.29) is 0 Å². The van der Waals surface area contributed by atoms with Crippen LogP contribution in [0.15, 0.2) is 11.4 Å². The molecule has 1 aliphatic heterocycles. The van der Waals surface area contributed by atoms with Crippen molar-refractivity contribution in [2.45, 2.75) is 13.0 Å². The van der Waals surface area contributed by atoms with Gasteiger partial charge in [-0.3, -0.25) is 4.90 Å². The maximum atomic E-state index is 5.56. The third-order valence-corrected chi connectivity index (χ3v) is 4.49. The number of thiophene rings is 1. The van der Waals surface area contributed by atoms with Crippen molar-refractivity contribution in [1.82, 2.24) is 19.8 Å². The van der Waals surface area contributed by atoms with Crippen molar-refractivity contribution in [3.8, 4) is 0 Å². The zero-order valence-electron chi connectivity index (χ0n) is 11.7. The number of nitrogen functional groups attached to an aromatic ring is 1. The number of hydrogen-bond donors (Lipinski definition) is 2. The van der Waals surface area contributed by atoms with Crippen molar-refractivity contribution < 1.29 is 0 Å². The van der Waals surface area contributed by atoms with Crippen LogP contribution in [-0.4, -0.2) is 53.0 Å². The molecule has 0 atom stereocenters. The molecule has 7 heteroatoms. The highest BCUT2D eigenvalue weighted by Crippen LogP contribution is 2.24. The first kappa shape index (κ1) is 13.7. The van der Waals surface area contributed by atoms with E-state index in [1.807, 2.05) is 11.4 Å². The molecule has 1 aliphatic rings. The lowest BCUT2D eigenvalue weighted by Crippen LogP contribution is -2.29. The summed E-state index contributed by atoms with van der Waals surface area (Å²) in [5.41, 5.74) is 2.68. The van der Waals surface area contributed by atoms with Crippen LogP contribution in [0.3, 0.4) is 0 Å². The molecule has 2 aromatic rings. The van der Waals surface area contributed by atoms with Gasteiger partial charge < -0.3 is 10.3 Å². The van der Waals surface area contributed by atoms with E-state index in [4.69, 9.17) is 5.84 Å². The molecule has 1 fully saturated rings. The van der Waals surface area contributed by atoms with Crippen molar-refractivity contribution in [1.29, 1.82) is 0 Å². The van der Waals surface area contributed by atoms with Crippen LogP contribution in [0.25, 0.3) is 10.2 Å². The fourth-order valence-electron chi connectivity index (χ4n) is 2.54. The van der Waals surface area contributed by atoms with E-state index in [0.717, 1.165) is 54.6 Å². The lowest BCUT2D eigenvalue weighted by molar-refractivity contribution is 0.264. The molecule has 3 rings (SSSR count). The summed E-state index contributed by atoms with van der Waals surface area (Å²) in [6.07, 6.45) is 1.19. The van der Waals surface area contributed by atoms with E-state index in [9.17, 15) is 0 Å². The van der Waals surface area contributed by atoms with Gasteiger partial charge in [-0.2, -0.15) is 0 Å². The van der Waals surface area contributed by atoms with Crippen LogP contribution >= 0.6 is 11.3 Å². The fraction of sp³-hybridized carbons (Fsp3) is 0.538. The number of nitrogens with two attached hydrogens (primary N) is 1. The van der Waals surface area contributed by atoms with Gasteiger partial charge in [-0.05, 0) is 38.0 Å². The summed E-state index contributed by atoms with van der Waals surface area (Å²) in [6, 6.07) is 2.00. The number of nitrogens with one attached hydrogen (secondary N) is 1. The second-order valence-corrected chi connectivity index (χ2v) is 6.10. The Morgan fingerprint density at radius 1 is 1.30 bits per heavy atom. The lowest BCUT2D eigenvalue weighted by Gasteiger charge is -2.19. The second kappa shape index (κ2) is 6.01. The molecule has 0 unspecified atom stereocenters. The molecule has 20 heavy (non-hydrogen) atoms. The monoisotopic (exact) mass is 292 g/mol. The summed E-state index contributed by atoms with van der Waals surface area (Å²) in [4.78, 5) is 15.0. The Morgan fingerprint density at radius 2 is 2.20 bits per heavy atom. The first-order chi connectivity index (χ1) is 9.76. The maximum Gasteiger partial charge on any atom is 0.152 e. The number of aromatic nitrogens is 2. The molecular weight excluding hydrogens is 272 g/mol. The van der Waals surface area contributed by atoms with Crippen LogP contribution in [0.1, 0.15) is 12.2 Å². The van der Waals surface area contributed by atoms with Gasteiger partial charge in [0, 0.05) is 13.1 Å². The fourth-order valence-corrected chi connectivity index (χ4v) is 3.32. The summed E-state index contributed by atoms with van der Waals surface area (Å²) < 4.78 is 0. The van der Waals surface area contributed by atoms with Crippen LogP contribution in [0.4, 0.5) is 5.82 Å². The first-order valence-corrected chi connectivity index (χ1v) is 7.76. The van der Waals surface area contributed by atoms with Gasteiger partial charge >= 0.3 is 0 Å². The molecule has 0 amide bonds. The predicted molar refractivity (Wildman–Crippen MR) is 82.6 cm³/mol. The van der Waals surface area contributed by atoms with E-state index < -0.39 is 0 Å². The van der Waals surface area contributed by atoms with Crippen LogP contribution in [0, 0.1) is 0 Å². The Hall–Kier alpha value is -1.28. The normalized spacial score (nSPS) is 18.3. The molecule has 3 N–H and O–H groups in total.